The molecule has 0 aliphatic carbocycles. The summed E-state index contributed by atoms with van der Waals surface area (Å²) >= 11 is 0. The van der Waals surface area contributed by atoms with Crippen molar-refractivity contribution in [3.05, 3.63) is 71.0 Å². The van der Waals surface area contributed by atoms with Crippen LogP contribution in [-0.4, -0.2) is 19.7 Å². The molecule has 0 unspecified atom stereocenters. The highest BCUT2D eigenvalue weighted by molar-refractivity contribution is 5.80. The molecule has 1 N–H and O–H groups in total. The standard InChI is InChI=1S/C22H23N5/c1-5-17-8-6-7-9-18(17)23-21-22(27-16(4)13-15(3)26-27)25-20-12-14(2)10-11-19(20)24-21/h6-13H,5H2,1-4H3,(H,23,24). The molecule has 136 valence electrons. The molecule has 5 heteroatoms. The Labute approximate surface area is 159 Å². The van der Waals surface area contributed by atoms with Crippen LogP contribution in [0.4, 0.5) is 11.5 Å². The van der Waals surface area contributed by atoms with Crippen LogP contribution < -0.4 is 5.32 Å². The lowest BCUT2D eigenvalue weighted by molar-refractivity contribution is 0.808. The van der Waals surface area contributed by atoms with Crippen LogP contribution in [0.3, 0.4) is 0 Å². The van der Waals surface area contributed by atoms with Crippen LogP contribution >= 0.6 is 0 Å². The summed E-state index contributed by atoms with van der Waals surface area (Å²) < 4.78 is 1.86. The van der Waals surface area contributed by atoms with Gasteiger partial charge < -0.3 is 5.32 Å². The summed E-state index contributed by atoms with van der Waals surface area (Å²) in [4.78, 5) is 9.79. The molecule has 0 saturated heterocycles. The maximum Gasteiger partial charge on any atom is 0.197 e. The van der Waals surface area contributed by atoms with Crippen molar-refractivity contribution in [3.63, 3.8) is 0 Å². The Kier molecular flexibility index (Phi) is 4.36. The second-order valence-electron chi connectivity index (χ2n) is 6.86. The van der Waals surface area contributed by atoms with Gasteiger partial charge in [-0.15, -0.1) is 0 Å². The monoisotopic (exact) mass is 357 g/mol. The first-order valence-electron chi connectivity index (χ1n) is 9.22. The van der Waals surface area contributed by atoms with Crippen LogP contribution in [0.15, 0.2) is 48.5 Å². The lowest BCUT2D eigenvalue weighted by Gasteiger charge is -2.15. The van der Waals surface area contributed by atoms with Gasteiger partial charge in [0.1, 0.15) is 0 Å². The largest absolute Gasteiger partial charge is 0.337 e. The molecule has 0 aliphatic heterocycles. The highest BCUT2D eigenvalue weighted by Gasteiger charge is 2.15. The van der Waals surface area contributed by atoms with Gasteiger partial charge in [0, 0.05) is 11.4 Å². The summed E-state index contributed by atoms with van der Waals surface area (Å²) in [5.41, 5.74) is 7.16. The Morgan fingerprint density at radius 3 is 2.48 bits per heavy atom. The number of anilines is 2. The maximum atomic E-state index is 4.91. The fraction of sp³-hybridized carbons (Fsp3) is 0.227. The van der Waals surface area contributed by atoms with Gasteiger partial charge in [-0.1, -0.05) is 31.2 Å². The van der Waals surface area contributed by atoms with Crippen molar-refractivity contribution >= 4 is 22.5 Å². The second kappa shape index (κ2) is 6.83. The van der Waals surface area contributed by atoms with Crippen LogP contribution in [0.1, 0.15) is 29.4 Å². The number of hydrogen-bond acceptors (Lipinski definition) is 4. The van der Waals surface area contributed by atoms with E-state index < -0.39 is 0 Å². The van der Waals surface area contributed by atoms with Crippen molar-refractivity contribution < 1.29 is 0 Å². The molecule has 0 spiro atoms. The van der Waals surface area contributed by atoms with E-state index in [4.69, 9.17) is 9.97 Å². The van der Waals surface area contributed by atoms with E-state index in [9.17, 15) is 0 Å². The number of nitrogens with one attached hydrogen (secondary N) is 1. The van der Waals surface area contributed by atoms with Crippen molar-refractivity contribution in [2.24, 2.45) is 0 Å². The zero-order valence-electron chi connectivity index (χ0n) is 16.1. The number of hydrogen-bond donors (Lipinski definition) is 1. The zero-order valence-corrected chi connectivity index (χ0v) is 16.1. The third-order valence-corrected chi connectivity index (χ3v) is 4.66. The predicted octanol–water partition coefficient (Wildman–Crippen LogP) is 5.05. The van der Waals surface area contributed by atoms with Crippen molar-refractivity contribution in [1.29, 1.82) is 0 Å². The summed E-state index contributed by atoms with van der Waals surface area (Å²) in [6, 6.07) is 16.5. The van der Waals surface area contributed by atoms with Gasteiger partial charge in [-0.05, 0) is 62.6 Å². The van der Waals surface area contributed by atoms with E-state index >= 15 is 0 Å². The number of para-hydroxylation sites is 1. The van der Waals surface area contributed by atoms with E-state index in [0.717, 1.165) is 40.1 Å². The number of nitrogens with zero attached hydrogens (tertiary/aromatic N) is 4. The Balaban J connectivity index is 1.93. The topological polar surface area (TPSA) is 55.6 Å². The first kappa shape index (κ1) is 17.2. The highest BCUT2D eigenvalue weighted by atomic mass is 15.3. The van der Waals surface area contributed by atoms with Gasteiger partial charge in [0.2, 0.25) is 0 Å². The molecule has 0 saturated carbocycles. The molecule has 0 atom stereocenters. The van der Waals surface area contributed by atoms with Crippen LogP contribution in [0.5, 0.6) is 0 Å². The SMILES string of the molecule is CCc1ccccc1Nc1nc2ccc(C)cc2nc1-n1nc(C)cc1C. The first-order chi connectivity index (χ1) is 13.0. The highest BCUT2D eigenvalue weighted by Crippen LogP contribution is 2.27. The lowest BCUT2D eigenvalue weighted by atomic mass is 10.1. The van der Waals surface area contributed by atoms with Crippen molar-refractivity contribution in [2.75, 3.05) is 5.32 Å². The fourth-order valence-electron chi connectivity index (χ4n) is 3.31. The van der Waals surface area contributed by atoms with Crippen LogP contribution in [0.2, 0.25) is 0 Å². The molecule has 2 aromatic heterocycles. The van der Waals surface area contributed by atoms with E-state index in [1.807, 2.05) is 36.7 Å². The first-order valence-corrected chi connectivity index (χ1v) is 9.22. The summed E-state index contributed by atoms with van der Waals surface area (Å²) in [7, 11) is 0. The molecule has 0 fully saturated rings. The van der Waals surface area contributed by atoms with E-state index in [-0.39, 0.29) is 0 Å². The molecule has 0 bridgehead atoms. The molecule has 4 aromatic rings. The molecule has 2 aromatic carbocycles. The Bertz CT molecular complexity index is 1130. The smallest absolute Gasteiger partial charge is 0.197 e. The number of benzene rings is 2. The van der Waals surface area contributed by atoms with Gasteiger partial charge in [-0.2, -0.15) is 5.10 Å². The third kappa shape index (κ3) is 3.28. The maximum absolute atomic E-state index is 4.91. The molecule has 0 amide bonds. The number of fused-ring (bicyclic) bond motifs is 1. The molecule has 2 heterocycles. The predicted molar refractivity (Wildman–Crippen MR) is 110 cm³/mol. The minimum absolute atomic E-state index is 0.707. The summed E-state index contributed by atoms with van der Waals surface area (Å²) in [5, 5.41) is 8.13. The Morgan fingerprint density at radius 1 is 0.926 bits per heavy atom. The molecular weight excluding hydrogens is 334 g/mol. The number of aryl methyl sites for hydroxylation is 4. The second-order valence-corrected chi connectivity index (χ2v) is 6.86. The fourth-order valence-corrected chi connectivity index (χ4v) is 3.31. The average Bonchev–Trinajstić information content (AvgIpc) is 3.00. The summed E-state index contributed by atoms with van der Waals surface area (Å²) in [6.07, 6.45) is 0.943. The van der Waals surface area contributed by atoms with Gasteiger partial charge in [0.05, 0.1) is 16.7 Å². The minimum atomic E-state index is 0.707. The van der Waals surface area contributed by atoms with Gasteiger partial charge in [-0.3, -0.25) is 0 Å². The van der Waals surface area contributed by atoms with E-state index in [2.05, 4.69) is 54.6 Å². The zero-order chi connectivity index (χ0) is 19.0. The van der Waals surface area contributed by atoms with Gasteiger partial charge >= 0.3 is 0 Å². The van der Waals surface area contributed by atoms with E-state index in [1.165, 1.54) is 5.56 Å². The van der Waals surface area contributed by atoms with Crippen molar-refractivity contribution in [3.8, 4) is 5.82 Å². The van der Waals surface area contributed by atoms with E-state index in [1.54, 1.807) is 0 Å². The summed E-state index contributed by atoms with van der Waals surface area (Å²) in [5.74, 6) is 1.42. The van der Waals surface area contributed by atoms with Crippen molar-refractivity contribution in [2.45, 2.75) is 34.1 Å². The van der Waals surface area contributed by atoms with Crippen LogP contribution in [0.25, 0.3) is 16.9 Å². The van der Waals surface area contributed by atoms with Crippen molar-refractivity contribution in [1.82, 2.24) is 19.7 Å². The molecular formula is C22H23N5. The molecule has 0 radical (unpaired) electrons. The van der Waals surface area contributed by atoms with Gasteiger partial charge in [0.15, 0.2) is 11.6 Å². The quantitative estimate of drug-likeness (QED) is 0.555. The Hall–Kier alpha value is -3.21. The normalized spacial score (nSPS) is 11.1. The molecule has 0 aliphatic rings. The van der Waals surface area contributed by atoms with Gasteiger partial charge in [-0.25, -0.2) is 14.6 Å². The number of rotatable bonds is 4. The number of aromatic nitrogens is 4. The van der Waals surface area contributed by atoms with Gasteiger partial charge in [0.25, 0.3) is 0 Å². The minimum Gasteiger partial charge on any atom is -0.337 e. The molecule has 27 heavy (non-hydrogen) atoms. The van der Waals surface area contributed by atoms with Crippen LogP contribution in [-0.2, 0) is 6.42 Å². The lowest BCUT2D eigenvalue weighted by Crippen LogP contribution is -2.09. The molecule has 4 rings (SSSR count). The van der Waals surface area contributed by atoms with Crippen LogP contribution in [0, 0.1) is 20.8 Å². The Morgan fingerprint density at radius 2 is 1.74 bits per heavy atom. The summed E-state index contributed by atoms with van der Waals surface area (Å²) in [6.45, 7) is 8.23. The average molecular weight is 357 g/mol. The molecule has 5 nitrogen and oxygen atoms in total. The van der Waals surface area contributed by atoms with E-state index in [0.29, 0.717) is 11.6 Å². The third-order valence-electron chi connectivity index (χ3n) is 4.66.